The molecule has 1 aromatic carbocycles. The third kappa shape index (κ3) is 3.94. The molecule has 2 heterocycles. The summed E-state index contributed by atoms with van der Waals surface area (Å²) in [7, 11) is 0. The second-order valence-corrected chi connectivity index (χ2v) is 5.78. The Hall–Kier alpha value is -2.35. The number of alkyl halides is 3. The Balaban J connectivity index is 1.74. The molecule has 0 spiro atoms. The summed E-state index contributed by atoms with van der Waals surface area (Å²) < 4.78 is 37.6. The number of halogens is 3. The summed E-state index contributed by atoms with van der Waals surface area (Å²) in [4.78, 5) is 19.9. The van der Waals surface area contributed by atoms with Crippen molar-refractivity contribution in [2.24, 2.45) is 0 Å². The number of likely N-dealkylation sites (tertiary alicyclic amines) is 1. The summed E-state index contributed by atoms with van der Waals surface area (Å²) in [5.41, 5.74) is 0.925. The molecule has 1 aromatic heterocycles. The summed E-state index contributed by atoms with van der Waals surface area (Å²) in [6, 6.07) is 8.77. The number of carbonyl (C=O) groups excluding carboxylic acids is 1. The van der Waals surface area contributed by atoms with Crippen LogP contribution in [0.2, 0.25) is 0 Å². The molecule has 1 aliphatic rings. The minimum absolute atomic E-state index is 0.0301. The van der Waals surface area contributed by atoms with Crippen molar-refractivity contribution >= 4 is 5.91 Å². The van der Waals surface area contributed by atoms with E-state index in [-0.39, 0.29) is 25.0 Å². The van der Waals surface area contributed by atoms with Gasteiger partial charge in [0.05, 0.1) is 6.04 Å². The van der Waals surface area contributed by atoms with Crippen LogP contribution in [0.25, 0.3) is 0 Å². The molecule has 8 heteroatoms. The topological polar surface area (TPSA) is 61.0 Å². The van der Waals surface area contributed by atoms with E-state index < -0.39 is 18.6 Å². The highest BCUT2D eigenvalue weighted by Gasteiger charge is 2.39. The highest BCUT2D eigenvalue weighted by Crippen LogP contribution is 2.24. The first kappa shape index (κ1) is 16.5. The van der Waals surface area contributed by atoms with Crippen LogP contribution in [0.3, 0.4) is 0 Å². The van der Waals surface area contributed by atoms with E-state index in [9.17, 15) is 18.0 Å². The molecule has 2 N–H and O–H groups in total. The van der Waals surface area contributed by atoms with Gasteiger partial charge in [-0.05, 0) is 5.56 Å². The normalized spacial score (nSPS) is 19.7. The minimum atomic E-state index is -4.38. The van der Waals surface area contributed by atoms with Crippen molar-refractivity contribution in [3.05, 3.63) is 54.1 Å². The highest BCUT2D eigenvalue weighted by atomic mass is 19.4. The molecule has 0 radical (unpaired) electrons. The third-order valence-corrected chi connectivity index (χ3v) is 3.91. The lowest BCUT2D eigenvalue weighted by molar-refractivity contribution is -0.157. The van der Waals surface area contributed by atoms with E-state index in [4.69, 9.17) is 0 Å². The van der Waals surface area contributed by atoms with Gasteiger partial charge in [0.15, 0.2) is 0 Å². The second-order valence-electron chi connectivity index (χ2n) is 5.78. The molecule has 2 atom stereocenters. The summed E-state index contributed by atoms with van der Waals surface area (Å²) in [5, 5.41) is 3.26. The molecule has 128 valence electrons. The van der Waals surface area contributed by atoms with Gasteiger partial charge in [0, 0.05) is 31.4 Å². The molecular formula is C16H17F3N4O. The number of amides is 1. The van der Waals surface area contributed by atoms with Crippen molar-refractivity contribution in [2.45, 2.75) is 24.7 Å². The van der Waals surface area contributed by atoms with Crippen LogP contribution in [0.5, 0.6) is 0 Å². The van der Waals surface area contributed by atoms with E-state index in [1.165, 1.54) is 0 Å². The molecule has 1 aliphatic heterocycles. The Bertz CT molecular complexity index is 672. The largest absolute Gasteiger partial charge is 0.406 e. The maximum atomic E-state index is 12.5. The number of nitrogens with one attached hydrogen (secondary N) is 2. The summed E-state index contributed by atoms with van der Waals surface area (Å²) in [5.74, 6) is 0.166. The standard InChI is InChI=1S/C16H17F3N4O/c17-16(18,19)10-23-9-12(8-13(23)24)22-14(15-20-6-7-21-15)11-4-2-1-3-5-11/h1-7,12,14,22H,8-10H2,(H,20,21). The van der Waals surface area contributed by atoms with Crippen LogP contribution < -0.4 is 5.32 Å². The first-order valence-corrected chi connectivity index (χ1v) is 7.57. The molecule has 1 amide bonds. The van der Waals surface area contributed by atoms with Crippen LogP contribution >= 0.6 is 0 Å². The summed E-state index contributed by atoms with van der Waals surface area (Å²) in [6.07, 6.45) is -1.05. The maximum absolute atomic E-state index is 12.5. The second kappa shape index (κ2) is 6.64. The van der Waals surface area contributed by atoms with E-state index in [0.717, 1.165) is 10.5 Å². The minimum Gasteiger partial charge on any atom is -0.347 e. The molecule has 1 saturated heterocycles. The first-order valence-electron chi connectivity index (χ1n) is 7.57. The van der Waals surface area contributed by atoms with E-state index >= 15 is 0 Å². The van der Waals surface area contributed by atoms with Crippen LogP contribution in [0.1, 0.15) is 23.9 Å². The first-order chi connectivity index (χ1) is 11.4. The molecule has 2 unspecified atom stereocenters. The zero-order valence-electron chi connectivity index (χ0n) is 12.8. The van der Waals surface area contributed by atoms with Crippen LogP contribution in [0.15, 0.2) is 42.7 Å². The molecule has 0 saturated carbocycles. The number of benzene rings is 1. The Labute approximate surface area is 136 Å². The maximum Gasteiger partial charge on any atom is 0.406 e. The smallest absolute Gasteiger partial charge is 0.347 e. The lowest BCUT2D eigenvalue weighted by Gasteiger charge is -2.22. The molecular weight excluding hydrogens is 321 g/mol. The monoisotopic (exact) mass is 338 g/mol. The van der Waals surface area contributed by atoms with Gasteiger partial charge in [0.2, 0.25) is 5.91 Å². The molecule has 5 nitrogen and oxygen atoms in total. The van der Waals surface area contributed by atoms with Crippen LogP contribution in [0.4, 0.5) is 13.2 Å². The Kier molecular flexibility index (Phi) is 4.57. The number of nitrogens with zero attached hydrogens (tertiary/aromatic N) is 2. The average Bonchev–Trinajstić information content (AvgIpc) is 3.15. The van der Waals surface area contributed by atoms with Crippen molar-refractivity contribution in [3.8, 4) is 0 Å². The fraction of sp³-hybridized carbons (Fsp3) is 0.375. The van der Waals surface area contributed by atoms with Gasteiger partial charge in [-0.15, -0.1) is 0 Å². The van der Waals surface area contributed by atoms with Crippen molar-refractivity contribution in [1.29, 1.82) is 0 Å². The van der Waals surface area contributed by atoms with Gasteiger partial charge < -0.3 is 9.88 Å². The molecule has 0 bridgehead atoms. The number of imidazole rings is 1. The Morgan fingerprint density at radius 1 is 1.33 bits per heavy atom. The number of H-pyrrole nitrogens is 1. The van der Waals surface area contributed by atoms with Crippen molar-refractivity contribution in [1.82, 2.24) is 20.2 Å². The van der Waals surface area contributed by atoms with E-state index in [2.05, 4.69) is 15.3 Å². The zero-order chi connectivity index (χ0) is 17.2. The number of aromatic amines is 1. The number of hydrogen-bond donors (Lipinski definition) is 2. The van der Waals surface area contributed by atoms with Crippen LogP contribution in [-0.4, -0.2) is 46.1 Å². The molecule has 1 fully saturated rings. The Morgan fingerprint density at radius 2 is 2.08 bits per heavy atom. The van der Waals surface area contributed by atoms with Gasteiger partial charge in [-0.1, -0.05) is 30.3 Å². The molecule has 3 rings (SSSR count). The van der Waals surface area contributed by atoms with Crippen LogP contribution in [-0.2, 0) is 4.79 Å². The third-order valence-electron chi connectivity index (χ3n) is 3.91. The fourth-order valence-electron chi connectivity index (χ4n) is 2.90. The van der Waals surface area contributed by atoms with Crippen LogP contribution in [0, 0.1) is 0 Å². The Morgan fingerprint density at radius 3 is 2.71 bits per heavy atom. The van der Waals surface area contributed by atoms with E-state index in [1.54, 1.807) is 12.4 Å². The lowest BCUT2D eigenvalue weighted by atomic mass is 10.0. The zero-order valence-corrected chi connectivity index (χ0v) is 12.8. The van der Waals surface area contributed by atoms with Gasteiger partial charge in [-0.2, -0.15) is 13.2 Å². The average molecular weight is 338 g/mol. The number of rotatable bonds is 5. The van der Waals surface area contributed by atoms with E-state index in [1.807, 2.05) is 30.3 Å². The van der Waals surface area contributed by atoms with Gasteiger partial charge >= 0.3 is 6.18 Å². The molecule has 24 heavy (non-hydrogen) atoms. The van der Waals surface area contributed by atoms with Gasteiger partial charge in [0.1, 0.15) is 12.4 Å². The molecule has 2 aromatic rings. The van der Waals surface area contributed by atoms with Crippen molar-refractivity contribution in [2.75, 3.05) is 13.1 Å². The van der Waals surface area contributed by atoms with Crippen molar-refractivity contribution < 1.29 is 18.0 Å². The number of aromatic nitrogens is 2. The molecule has 0 aliphatic carbocycles. The van der Waals surface area contributed by atoms with Gasteiger partial charge in [-0.3, -0.25) is 10.1 Å². The van der Waals surface area contributed by atoms with E-state index in [0.29, 0.717) is 5.82 Å². The number of carbonyl (C=O) groups is 1. The van der Waals surface area contributed by atoms with Gasteiger partial charge in [-0.25, -0.2) is 4.98 Å². The lowest BCUT2D eigenvalue weighted by Crippen LogP contribution is -2.39. The fourth-order valence-corrected chi connectivity index (χ4v) is 2.90. The predicted octanol–water partition coefficient (Wildman–Crippen LogP) is 2.25. The van der Waals surface area contributed by atoms with Gasteiger partial charge in [0.25, 0.3) is 0 Å². The highest BCUT2D eigenvalue weighted by molar-refractivity contribution is 5.79. The summed E-state index contributed by atoms with van der Waals surface area (Å²) in [6.45, 7) is -1.18. The predicted molar refractivity (Wildman–Crippen MR) is 81.0 cm³/mol. The number of hydrogen-bond acceptors (Lipinski definition) is 3. The quantitative estimate of drug-likeness (QED) is 0.879. The summed E-state index contributed by atoms with van der Waals surface area (Å²) >= 11 is 0. The SMILES string of the molecule is O=C1CC(NC(c2ccccc2)c2ncc[nH]2)CN1CC(F)(F)F. The van der Waals surface area contributed by atoms with Crippen molar-refractivity contribution in [3.63, 3.8) is 0 Å².